The van der Waals surface area contributed by atoms with Crippen LogP contribution in [0, 0.1) is 6.92 Å². The summed E-state index contributed by atoms with van der Waals surface area (Å²) < 4.78 is 5.29. The second-order valence-corrected chi connectivity index (χ2v) is 3.32. The third-order valence-electron chi connectivity index (χ3n) is 1.83. The fraction of sp³-hybridized carbons (Fsp3) is 0.500. The van der Waals surface area contributed by atoms with Gasteiger partial charge in [0.2, 0.25) is 11.8 Å². The van der Waals surface area contributed by atoms with Gasteiger partial charge in [-0.2, -0.15) is 4.98 Å². The molecule has 2 amide bonds. The van der Waals surface area contributed by atoms with Crippen LogP contribution in [0.2, 0.25) is 0 Å². The third kappa shape index (κ3) is 5.01. The minimum Gasteiger partial charge on any atom is -0.478 e. The Bertz CT molecular complexity index is 383. The third-order valence-corrected chi connectivity index (χ3v) is 1.83. The van der Waals surface area contributed by atoms with Gasteiger partial charge in [-0.05, 0) is 13.8 Å². The fourth-order valence-electron chi connectivity index (χ4n) is 1.20. The zero-order valence-corrected chi connectivity index (χ0v) is 9.99. The first-order chi connectivity index (χ1) is 8.11. The second-order valence-electron chi connectivity index (χ2n) is 3.32. The lowest BCUT2D eigenvalue weighted by Crippen LogP contribution is -2.33. The van der Waals surface area contributed by atoms with Crippen LogP contribution in [-0.2, 0) is 0 Å². The quantitative estimate of drug-likeness (QED) is 0.618. The number of carbonyl (C=O) groups excluding carboxylic acids is 1. The van der Waals surface area contributed by atoms with E-state index in [-0.39, 0.29) is 0 Å². The van der Waals surface area contributed by atoms with E-state index < -0.39 is 6.03 Å². The van der Waals surface area contributed by atoms with Crippen molar-refractivity contribution in [2.75, 3.05) is 25.0 Å². The number of aryl methyl sites for hydroxylation is 1. The Morgan fingerprint density at radius 2 is 2.24 bits per heavy atom. The number of aromatic nitrogens is 2. The van der Waals surface area contributed by atoms with Crippen LogP contribution in [0.15, 0.2) is 6.07 Å². The Morgan fingerprint density at radius 1 is 1.47 bits per heavy atom. The molecule has 0 aliphatic rings. The first kappa shape index (κ1) is 13.0. The van der Waals surface area contributed by atoms with Crippen LogP contribution < -0.4 is 21.1 Å². The molecular weight excluding hydrogens is 222 g/mol. The molecule has 0 aliphatic heterocycles. The van der Waals surface area contributed by atoms with Gasteiger partial charge in [-0.15, -0.1) is 0 Å². The maximum Gasteiger partial charge on any atom is 0.312 e. The summed E-state index contributed by atoms with van der Waals surface area (Å²) in [7, 11) is 0. The highest BCUT2D eigenvalue weighted by atomic mass is 16.5. The minimum atomic E-state index is -0.549. The van der Waals surface area contributed by atoms with E-state index in [1.165, 1.54) is 0 Å². The van der Waals surface area contributed by atoms with Crippen LogP contribution in [0.3, 0.4) is 0 Å². The van der Waals surface area contributed by atoms with Crippen molar-refractivity contribution in [3.63, 3.8) is 0 Å². The first-order valence-electron chi connectivity index (χ1n) is 5.37. The van der Waals surface area contributed by atoms with E-state index in [1.807, 2.05) is 13.8 Å². The predicted octanol–water partition coefficient (Wildman–Crippen LogP) is 0.264. The monoisotopic (exact) mass is 239 g/mol. The van der Waals surface area contributed by atoms with Gasteiger partial charge in [-0.25, -0.2) is 9.78 Å². The van der Waals surface area contributed by atoms with Gasteiger partial charge in [0.05, 0.1) is 6.61 Å². The molecule has 0 aromatic carbocycles. The largest absolute Gasteiger partial charge is 0.478 e. The zero-order valence-electron chi connectivity index (χ0n) is 9.99. The number of carbonyl (C=O) groups is 1. The molecule has 0 radical (unpaired) electrons. The Labute approximate surface area is 99.8 Å². The lowest BCUT2D eigenvalue weighted by molar-refractivity contribution is 0.249. The number of hydrogen-bond donors (Lipinski definition) is 3. The maximum absolute atomic E-state index is 10.4. The molecule has 1 aromatic rings. The minimum absolute atomic E-state index is 0.413. The van der Waals surface area contributed by atoms with E-state index in [1.54, 1.807) is 6.07 Å². The average Bonchev–Trinajstić information content (AvgIpc) is 2.24. The summed E-state index contributed by atoms with van der Waals surface area (Å²) in [6.45, 7) is 5.21. The van der Waals surface area contributed by atoms with Crippen LogP contribution in [-0.4, -0.2) is 35.7 Å². The van der Waals surface area contributed by atoms with Crippen LogP contribution in [0.5, 0.6) is 5.88 Å². The summed E-state index contributed by atoms with van der Waals surface area (Å²) in [4.78, 5) is 18.8. The molecule has 0 saturated carbocycles. The SMILES string of the molecule is CCOc1cc(C)nc(NCCNC(N)=O)n1. The summed E-state index contributed by atoms with van der Waals surface area (Å²) in [5, 5.41) is 5.43. The van der Waals surface area contributed by atoms with Crippen molar-refractivity contribution >= 4 is 12.0 Å². The molecule has 0 fully saturated rings. The molecule has 1 rings (SSSR count). The summed E-state index contributed by atoms with van der Waals surface area (Å²) in [6, 6.07) is 1.21. The van der Waals surface area contributed by atoms with Crippen LogP contribution >= 0.6 is 0 Å². The van der Waals surface area contributed by atoms with E-state index in [9.17, 15) is 4.79 Å². The Kier molecular flexibility index (Phi) is 4.99. The van der Waals surface area contributed by atoms with Crippen molar-refractivity contribution in [1.82, 2.24) is 15.3 Å². The van der Waals surface area contributed by atoms with E-state index in [0.29, 0.717) is 31.5 Å². The van der Waals surface area contributed by atoms with Crippen molar-refractivity contribution in [3.8, 4) is 5.88 Å². The number of primary amides is 1. The molecule has 0 bridgehead atoms. The van der Waals surface area contributed by atoms with E-state index in [2.05, 4.69) is 20.6 Å². The lowest BCUT2D eigenvalue weighted by atomic mass is 10.4. The fourth-order valence-corrected chi connectivity index (χ4v) is 1.20. The first-order valence-corrected chi connectivity index (χ1v) is 5.37. The van der Waals surface area contributed by atoms with Crippen molar-refractivity contribution in [3.05, 3.63) is 11.8 Å². The smallest absolute Gasteiger partial charge is 0.312 e. The number of nitrogens with zero attached hydrogens (tertiary/aromatic N) is 2. The van der Waals surface area contributed by atoms with Crippen LogP contribution in [0.25, 0.3) is 0 Å². The van der Waals surface area contributed by atoms with E-state index in [0.717, 1.165) is 5.69 Å². The second kappa shape index (κ2) is 6.51. The van der Waals surface area contributed by atoms with Gasteiger partial charge in [0.25, 0.3) is 0 Å². The van der Waals surface area contributed by atoms with Gasteiger partial charge < -0.3 is 21.1 Å². The molecule has 0 aliphatic carbocycles. The number of nitrogens with one attached hydrogen (secondary N) is 2. The van der Waals surface area contributed by atoms with Crippen molar-refractivity contribution in [1.29, 1.82) is 0 Å². The number of hydrogen-bond acceptors (Lipinski definition) is 5. The maximum atomic E-state index is 10.4. The molecule has 1 heterocycles. The molecule has 0 atom stereocenters. The Balaban J connectivity index is 2.49. The summed E-state index contributed by atoms with van der Waals surface area (Å²) >= 11 is 0. The van der Waals surface area contributed by atoms with E-state index in [4.69, 9.17) is 10.5 Å². The number of nitrogens with two attached hydrogens (primary N) is 1. The number of urea groups is 1. The number of rotatable bonds is 6. The summed E-state index contributed by atoms with van der Waals surface area (Å²) in [5.74, 6) is 1.00. The standard InChI is InChI=1S/C10H17N5O2/c1-3-17-8-6-7(2)14-10(15-8)13-5-4-12-9(11)16/h6H,3-5H2,1-2H3,(H3,11,12,16)(H,13,14,15). The number of amides is 2. The summed E-state index contributed by atoms with van der Waals surface area (Å²) in [6.07, 6.45) is 0. The van der Waals surface area contributed by atoms with Gasteiger partial charge in [-0.3, -0.25) is 0 Å². The molecule has 1 aromatic heterocycles. The molecule has 0 spiro atoms. The topological polar surface area (TPSA) is 102 Å². The highest BCUT2D eigenvalue weighted by Gasteiger charge is 2.02. The molecular formula is C10H17N5O2. The molecule has 4 N–H and O–H groups in total. The van der Waals surface area contributed by atoms with E-state index >= 15 is 0 Å². The molecule has 0 saturated heterocycles. The Morgan fingerprint density at radius 3 is 2.88 bits per heavy atom. The van der Waals surface area contributed by atoms with Crippen molar-refractivity contribution in [2.24, 2.45) is 5.73 Å². The van der Waals surface area contributed by atoms with Gasteiger partial charge in [0.1, 0.15) is 0 Å². The van der Waals surface area contributed by atoms with Gasteiger partial charge >= 0.3 is 6.03 Å². The average molecular weight is 239 g/mol. The van der Waals surface area contributed by atoms with Gasteiger partial charge in [0.15, 0.2) is 0 Å². The molecule has 7 heteroatoms. The Hall–Kier alpha value is -2.05. The molecule has 7 nitrogen and oxygen atoms in total. The van der Waals surface area contributed by atoms with Crippen LogP contribution in [0.1, 0.15) is 12.6 Å². The molecule has 0 unspecified atom stereocenters. The van der Waals surface area contributed by atoms with Crippen molar-refractivity contribution < 1.29 is 9.53 Å². The molecule has 94 valence electrons. The van der Waals surface area contributed by atoms with Crippen molar-refractivity contribution in [2.45, 2.75) is 13.8 Å². The lowest BCUT2D eigenvalue weighted by Gasteiger charge is -2.08. The van der Waals surface area contributed by atoms with Gasteiger partial charge in [-0.1, -0.05) is 0 Å². The van der Waals surface area contributed by atoms with Gasteiger partial charge in [0, 0.05) is 24.8 Å². The van der Waals surface area contributed by atoms with Crippen LogP contribution in [0.4, 0.5) is 10.7 Å². The highest BCUT2D eigenvalue weighted by Crippen LogP contribution is 2.11. The normalized spacial score (nSPS) is 9.76. The molecule has 17 heavy (non-hydrogen) atoms. The predicted molar refractivity (Wildman–Crippen MR) is 64.0 cm³/mol. The zero-order chi connectivity index (χ0) is 12.7. The number of anilines is 1. The summed E-state index contributed by atoms with van der Waals surface area (Å²) in [5.41, 5.74) is 5.74. The number of ether oxygens (including phenoxy) is 1. The highest BCUT2D eigenvalue weighted by molar-refractivity contribution is 5.71.